The van der Waals surface area contributed by atoms with Crippen molar-refractivity contribution in [2.24, 2.45) is 4.99 Å². The van der Waals surface area contributed by atoms with E-state index in [1.165, 1.54) is 19.3 Å². The van der Waals surface area contributed by atoms with Gasteiger partial charge in [0.1, 0.15) is 0 Å². The summed E-state index contributed by atoms with van der Waals surface area (Å²) in [6.07, 6.45) is 10.3. The average molecular weight is 447 g/mol. The van der Waals surface area contributed by atoms with Gasteiger partial charge in [-0.2, -0.15) is 5.10 Å². The fourth-order valence-corrected chi connectivity index (χ4v) is 4.97. The maximum Gasteiger partial charge on any atom is 0.255 e. The Kier molecular flexibility index (Phi) is 6.79. The number of fused-ring (bicyclic) bond motifs is 1. The van der Waals surface area contributed by atoms with Crippen molar-refractivity contribution in [2.45, 2.75) is 69.7 Å². The van der Waals surface area contributed by atoms with E-state index >= 15 is 0 Å². The van der Waals surface area contributed by atoms with Crippen LogP contribution in [0.15, 0.2) is 33.9 Å². The second kappa shape index (κ2) is 9.52. The van der Waals surface area contributed by atoms with Crippen molar-refractivity contribution in [3.05, 3.63) is 40.2 Å². The molecule has 1 aromatic carbocycles. The van der Waals surface area contributed by atoms with E-state index < -0.39 is 0 Å². The SMILES string of the molecule is CCCc1nn(C2CCCCC2)c2cc(C(=O)NC3=C(Cl)C=NCCC3Cl)ccc12. The number of carbonyl (C=O) groups is 1. The highest BCUT2D eigenvalue weighted by atomic mass is 35.5. The minimum absolute atomic E-state index is 0.209. The number of hydrogen-bond acceptors (Lipinski definition) is 3. The molecule has 1 saturated carbocycles. The Morgan fingerprint density at radius 2 is 2.03 bits per heavy atom. The number of amides is 1. The summed E-state index contributed by atoms with van der Waals surface area (Å²) in [5.41, 5.74) is 3.28. The summed E-state index contributed by atoms with van der Waals surface area (Å²) >= 11 is 12.7. The molecule has 1 aromatic heterocycles. The van der Waals surface area contributed by atoms with Crippen molar-refractivity contribution in [3.63, 3.8) is 0 Å². The molecule has 0 spiro atoms. The first kappa shape index (κ1) is 21.4. The quantitative estimate of drug-likeness (QED) is 0.593. The smallest absolute Gasteiger partial charge is 0.255 e. The molecular formula is C23H28Cl2N4O. The Bertz CT molecular complexity index is 988. The monoisotopic (exact) mass is 446 g/mol. The van der Waals surface area contributed by atoms with Crippen LogP contribution in [0.3, 0.4) is 0 Å². The molecule has 30 heavy (non-hydrogen) atoms. The van der Waals surface area contributed by atoms with E-state index in [1.807, 2.05) is 18.2 Å². The Balaban J connectivity index is 1.68. The number of nitrogens with one attached hydrogen (secondary N) is 1. The first-order valence-corrected chi connectivity index (χ1v) is 11.8. The van der Waals surface area contributed by atoms with Crippen LogP contribution in [-0.4, -0.2) is 33.8 Å². The standard InChI is InChI=1S/C23H28Cl2N4O/c1-2-6-20-17-10-9-15(13-21(17)29(28-20)16-7-4-3-5-8-16)23(30)27-22-18(24)11-12-26-14-19(22)25/h9-10,13-14,16,18H,2-8,11-12H2,1H3,(H,27,30). The molecule has 2 aromatic rings. The average Bonchev–Trinajstić information content (AvgIpc) is 3.05. The highest BCUT2D eigenvalue weighted by Crippen LogP contribution is 2.32. The molecule has 1 amide bonds. The van der Waals surface area contributed by atoms with Gasteiger partial charge < -0.3 is 5.32 Å². The molecule has 1 aliphatic heterocycles. The topological polar surface area (TPSA) is 59.3 Å². The van der Waals surface area contributed by atoms with E-state index in [0.717, 1.165) is 42.3 Å². The minimum atomic E-state index is -0.364. The van der Waals surface area contributed by atoms with Gasteiger partial charge in [0.2, 0.25) is 0 Å². The molecule has 0 saturated heterocycles. The van der Waals surface area contributed by atoms with Crippen LogP contribution in [0, 0.1) is 0 Å². The van der Waals surface area contributed by atoms with Crippen LogP contribution in [0.4, 0.5) is 0 Å². The fraction of sp³-hybridized carbons (Fsp3) is 0.522. The van der Waals surface area contributed by atoms with Gasteiger partial charge in [-0.3, -0.25) is 14.5 Å². The van der Waals surface area contributed by atoms with Gasteiger partial charge in [-0.25, -0.2) is 0 Å². The zero-order chi connectivity index (χ0) is 21.1. The van der Waals surface area contributed by atoms with E-state index in [9.17, 15) is 4.79 Å². The molecule has 1 aliphatic carbocycles. The lowest BCUT2D eigenvalue weighted by molar-refractivity contribution is 0.0964. The van der Waals surface area contributed by atoms with Gasteiger partial charge >= 0.3 is 0 Å². The molecule has 7 heteroatoms. The van der Waals surface area contributed by atoms with Gasteiger partial charge in [0.25, 0.3) is 5.91 Å². The number of halogens is 2. The third kappa shape index (κ3) is 4.42. The van der Waals surface area contributed by atoms with Crippen LogP contribution in [0.2, 0.25) is 0 Å². The maximum absolute atomic E-state index is 13.0. The van der Waals surface area contributed by atoms with E-state index in [2.05, 4.69) is 21.9 Å². The van der Waals surface area contributed by atoms with Crippen molar-refractivity contribution in [1.29, 1.82) is 0 Å². The summed E-state index contributed by atoms with van der Waals surface area (Å²) in [6.45, 7) is 2.76. The number of rotatable bonds is 5. The van der Waals surface area contributed by atoms with Gasteiger partial charge in [0.15, 0.2) is 0 Å². The number of allylic oxidation sites excluding steroid dienone is 2. The third-order valence-electron chi connectivity index (χ3n) is 5.99. The van der Waals surface area contributed by atoms with Gasteiger partial charge in [-0.15, -0.1) is 11.6 Å². The van der Waals surface area contributed by atoms with Crippen LogP contribution in [0.1, 0.15) is 74.0 Å². The second-order valence-corrected chi connectivity index (χ2v) is 9.11. The number of nitrogens with zero attached hydrogens (tertiary/aromatic N) is 3. The highest BCUT2D eigenvalue weighted by molar-refractivity contribution is 6.40. The third-order valence-corrected chi connectivity index (χ3v) is 6.73. The van der Waals surface area contributed by atoms with Gasteiger partial charge in [-0.05, 0) is 37.8 Å². The lowest BCUT2D eigenvalue weighted by Gasteiger charge is -2.23. The van der Waals surface area contributed by atoms with Crippen molar-refractivity contribution >= 4 is 46.2 Å². The summed E-state index contributed by atoms with van der Waals surface area (Å²) < 4.78 is 2.17. The van der Waals surface area contributed by atoms with Crippen molar-refractivity contribution in [3.8, 4) is 0 Å². The summed E-state index contributed by atoms with van der Waals surface area (Å²) in [6, 6.07) is 6.28. The first-order chi connectivity index (χ1) is 14.6. The number of aliphatic imine (C=N–C) groups is 1. The second-order valence-electron chi connectivity index (χ2n) is 8.17. The lowest BCUT2D eigenvalue weighted by atomic mass is 9.95. The molecule has 160 valence electrons. The molecule has 1 atom stereocenters. The van der Waals surface area contributed by atoms with Crippen LogP contribution in [0.5, 0.6) is 0 Å². The summed E-state index contributed by atoms with van der Waals surface area (Å²) in [4.78, 5) is 17.2. The Hall–Kier alpha value is -1.85. The largest absolute Gasteiger partial charge is 0.323 e. The summed E-state index contributed by atoms with van der Waals surface area (Å²) in [5, 5.41) is 9.07. The predicted molar refractivity (Wildman–Crippen MR) is 124 cm³/mol. The van der Waals surface area contributed by atoms with Crippen LogP contribution < -0.4 is 5.32 Å². The first-order valence-electron chi connectivity index (χ1n) is 10.9. The Morgan fingerprint density at radius 1 is 1.23 bits per heavy atom. The zero-order valence-corrected chi connectivity index (χ0v) is 18.8. The Morgan fingerprint density at radius 3 is 2.80 bits per heavy atom. The van der Waals surface area contributed by atoms with E-state index in [4.69, 9.17) is 28.3 Å². The summed E-state index contributed by atoms with van der Waals surface area (Å²) in [5.74, 6) is -0.209. The molecule has 0 bridgehead atoms. The van der Waals surface area contributed by atoms with Crippen molar-refractivity contribution < 1.29 is 4.79 Å². The number of aromatic nitrogens is 2. The normalized spacial score (nSPS) is 20.6. The minimum Gasteiger partial charge on any atom is -0.323 e. The number of aryl methyl sites for hydroxylation is 1. The zero-order valence-electron chi connectivity index (χ0n) is 17.3. The number of benzene rings is 1. The molecule has 5 nitrogen and oxygen atoms in total. The van der Waals surface area contributed by atoms with Crippen LogP contribution >= 0.6 is 23.2 Å². The van der Waals surface area contributed by atoms with Gasteiger partial charge in [0, 0.05) is 23.7 Å². The van der Waals surface area contributed by atoms with E-state index in [1.54, 1.807) is 6.21 Å². The molecule has 1 fully saturated rings. The maximum atomic E-state index is 13.0. The fourth-order valence-electron chi connectivity index (χ4n) is 4.40. The highest BCUT2D eigenvalue weighted by Gasteiger charge is 2.23. The molecule has 1 unspecified atom stereocenters. The summed E-state index contributed by atoms with van der Waals surface area (Å²) in [7, 11) is 0. The molecule has 0 radical (unpaired) electrons. The van der Waals surface area contributed by atoms with Crippen LogP contribution in [-0.2, 0) is 6.42 Å². The predicted octanol–water partition coefficient (Wildman–Crippen LogP) is 5.76. The molecule has 1 N–H and O–H groups in total. The molecule has 2 aliphatic rings. The van der Waals surface area contributed by atoms with Gasteiger partial charge in [-0.1, -0.05) is 50.3 Å². The van der Waals surface area contributed by atoms with E-state index in [0.29, 0.717) is 35.3 Å². The van der Waals surface area contributed by atoms with Gasteiger partial charge in [0.05, 0.1) is 33.4 Å². The van der Waals surface area contributed by atoms with E-state index in [-0.39, 0.29) is 11.3 Å². The molecule has 2 heterocycles. The van der Waals surface area contributed by atoms with Crippen LogP contribution in [0.25, 0.3) is 10.9 Å². The number of carbonyl (C=O) groups excluding carboxylic acids is 1. The Labute approximate surface area is 187 Å². The lowest BCUT2D eigenvalue weighted by Crippen LogP contribution is -2.28. The van der Waals surface area contributed by atoms with Crippen molar-refractivity contribution in [2.75, 3.05) is 6.54 Å². The number of alkyl halides is 1. The number of hydrogen-bond donors (Lipinski definition) is 1. The van der Waals surface area contributed by atoms with Crippen molar-refractivity contribution in [1.82, 2.24) is 15.1 Å². The molecule has 4 rings (SSSR count). The molecular weight excluding hydrogens is 419 g/mol.